The first-order valence-corrected chi connectivity index (χ1v) is 8.07. The summed E-state index contributed by atoms with van der Waals surface area (Å²) in [6, 6.07) is 15.4. The Kier molecular flexibility index (Phi) is 3.61. The predicted octanol–water partition coefficient (Wildman–Crippen LogP) is 4.10. The molecule has 2 aromatic carbocycles. The van der Waals surface area contributed by atoms with Gasteiger partial charge in [-0.2, -0.15) is 0 Å². The molecule has 0 radical (unpaired) electrons. The van der Waals surface area contributed by atoms with E-state index in [0.717, 1.165) is 48.1 Å². The van der Waals surface area contributed by atoms with Crippen LogP contribution >= 0.6 is 0 Å². The van der Waals surface area contributed by atoms with E-state index in [9.17, 15) is 10.1 Å². The topological polar surface area (TPSA) is 59.3 Å². The Balaban J connectivity index is 1.70. The van der Waals surface area contributed by atoms with Gasteiger partial charge in [-0.25, -0.2) is 0 Å². The molecule has 4 rings (SSSR count). The van der Waals surface area contributed by atoms with Crippen LogP contribution in [0.25, 0.3) is 10.9 Å². The van der Waals surface area contributed by atoms with E-state index in [1.165, 1.54) is 5.56 Å². The highest BCUT2D eigenvalue weighted by Gasteiger charge is 2.20. The zero-order valence-electron chi connectivity index (χ0n) is 13.2. The van der Waals surface area contributed by atoms with Crippen LogP contribution in [-0.4, -0.2) is 16.5 Å². The standard InChI is InChI=1S/C19H17N3O2/c23-22(24)17-8-9-18-15(12-17)7-3-11-21(18)13-16-5-1-4-14-6-2-10-20-19(14)16/h1-2,4-6,8-10,12H,3,7,11,13H2. The molecule has 0 saturated carbocycles. The van der Waals surface area contributed by atoms with Gasteiger partial charge in [-0.05, 0) is 36.1 Å². The normalized spacial score (nSPS) is 13.8. The molecule has 0 aliphatic carbocycles. The van der Waals surface area contributed by atoms with Crippen molar-refractivity contribution in [3.05, 3.63) is 76.0 Å². The van der Waals surface area contributed by atoms with Gasteiger partial charge in [-0.3, -0.25) is 15.1 Å². The molecule has 1 aliphatic rings. The average molecular weight is 319 g/mol. The molecule has 0 unspecified atom stereocenters. The molecule has 0 N–H and O–H groups in total. The van der Waals surface area contributed by atoms with Crippen molar-refractivity contribution in [1.29, 1.82) is 0 Å². The lowest BCUT2D eigenvalue weighted by Gasteiger charge is -2.31. The Hall–Kier alpha value is -2.95. The van der Waals surface area contributed by atoms with E-state index in [2.05, 4.69) is 34.1 Å². The van der Waals surface area contributed by atoms with E-state index in [-0.39, 0.29) is 10.6 Å². The van der Waals surface area contributed by atoms with Crippen molar-refractivity contribution >= 4 is 22.3 Å². The molecule has 5 nitrogen and oxygen atoms in total. The Morgan fingerprint density at radius 1 is 1.17 bits per heavy atom. The summed E-state index contributed by atoms with van der Waals surface area (Å²) in [5, 5.41) is 12.1. The number of nitro benzene ring substituents is 1. The van der Waals surface area contributed by atoms with Crippen LogP contribution in [0.15, 0.2) is 54.7 Å². The minimum atomic E-state index is -0.326. The van der Waals surface area contributed by atoms with Crippen LogP contribution in [0.2, 0.25) is 0 Å². The van der Waals surface area contributed by atoms with Gasteiger partial charge in [0, 0.05) is 42.5 Å². The van der Waals surface area contributed by atoms with Crippen LogP contribution in [0.5, 0.6) is 0 Å². The SMILES string of the molecule is O=[N+]([O-])c1ccc2c(c1)CCCN2Cc1cccc2cccnc12. The second kappa shape index (κ2) is 5.92. The summed E-state index contributed by atoms with van der Waals surface area (Å²) < 4.78 is 0. The average Bonchev–Trinajstić information content (AvgIpc) is 2.62. The summed E-state index contributed by atoms with van der Waals surface area (Å²) in [4.78, 5) is 17.5. The minimum absolute atomic E-state index is 0.169. The summed E-state index contributed by atoms with van der Waals surface area (Å²) in [6.45, 7) is 1.72. The van der Waals surface area contributed by atoms with Gasteiger partial charge in [0.2, 0.25) is 0 Å². The quantitative estimate of drug-likeness (QED) is 0.539. The van der Waals surface area contributed by atoms with Crippen molar-refractivity contribution in [3.63, 3.8) is 0 Å². The number of fused-ring (bicyclic) bond motifs is 2. The number of nitro groups is 1. The fourth-order valence-corrected chi connectivity index (χ4v) is 3.44. The summed E-state index contributed by atoms with van der Waals surface area (Å²) in [6.07, 6.45) is 3.72. The number of rotatable bonds is 3. The largest absolute Gasteiger partial charge is 0.367 e. The third-order valence-corrected chi connectivity index (χ3v) is 4.57. The van der Waals surface area contributed by atoms with E-state index in [4.69, 9.17) is 0 Å². The van der Waals surface area contributed by atoms with Crippen LogP contribution in [-0.2, 0) is 13.0 Å². The molecule has 0 saturated heterocycles. The second-order valence-corrected chi connectivity index (χ2v) is 6.09. The number of aromatic nitrogens is 1. The maximum atomic E-state index is 11.0. The number of hydrogen-bond donors (Lipinski definition) is 0. The summed E-state index contributed by atoms with van der Waals surface area (Å²) >= 11 is 0. The summed E-state index contributed by atoms with van der Waals surface area (Å²) in [5.74, 6) is 0. The first-order valence-electron chi connectivity index (χ1n) is 8.07. The van der Waals surface area contributed by atoms with Crippen molar-refractivity contribution in [3.8, 4) is 0 Å². The van der Waals surface area contributed by atoms with E-state index >= 15 is 0 Å². The Morgan fingerprint density at radius 2 is 2.04 bits per heavy atom. The van der Waals surface area contributed by atoms with Gasteiger partial charge < -0.3 is 4.90 Å². The Bertz CT molecular complexity index is 918. The summed E-state index contributed by atoms with van der Waals surface area (Å²) in [5.41, 5.74) is 4.53. The number of nitrogens with zero attached hydrogens (tertiary/aromatic N) is 3. The Labute approximate surface area is 139 Å². The van der Waals surface area contributed by atoms with Crippen LogP contribution in [0.4, 0.5) is 11.4 Å². The predicted molar refractivity (Wildman–Crippen MR) is 94.2 cm³/mol. The maximum Gasteiger partial charge on any atom is 0.269 e. The highest BCUT2D eigenvalue weighted by Crippen LogP contribution is 2.32. The molecule has 1 aliphatic heterocycles. The van der Waals surface area contributed by atoms with Gasteiger partial charge in [0.15, 0.2) is 0 Å². The van der Waals surface area contributed by atoms with E-state index in [0.29, 0.717) is 0 Å². The number of anilines is 1. The Morgan fingerprint density at radius 3 is 2.92 bits per heavy atom. The molecule has 1 aromatic heterocycles. The molecule has 3 aromatic rings. The minimum Gasteiger partial charge on any atom is -0.367 e. The molecule has 2 heterocycles. The van der Waals surface area contributed by atoms with Crippen LogP contribution < -0.4 is 4.90 Å². The van der Waals surface area contributed by atoms with Crippen LogP contribution in [0.3, 0.4) is 0 Å². The molecule has 24 heavy (non-hydrogen) atoms. The summed E-state index contributed by atoms with van der Waals surface area (Å²) in [7, 11) is 0. The molecule has 0 atom stereocenters. The number of benzene rings is 2. The van der Waals surface area contributed by atoms with Gasteiger partial charge >= 0.3 is 0 Å². The smallest absolute Gasteiger partial charge is 0.269 e. The van der Waals surface area contributed by atoms with Gasteiger partial charge in [0.05, 0.1) is 10.4 Å². The van der Waals surface area contributed by atoms with Crippen molar-refractivity contribution in [2.45, 2.75) is 19.4 Å². The number of hydrogen-bond acceptors (Lipinski definition) is 4. The molecule has 0 amide bonds. The monoisotopic (exact) mass is 319 g/mol. The van der Waals surface area contributed by atoms with Gasteiger partial charge in [0.1, 0.15) is 0 Å². The van der Waals surface area contributed by atoms with Crippen LogP contribution in [0, 0.1) is 10.1 Å². The molecular formula is C19H17N3O2. The third-order valence-electron chi connectivity index (χ3n) is 4.57. The maximum absolute atomic E-state index is 11.0. The van der Waals surface area contributed by atoms with Crippen molar-refractivity contribution in [2.24, 2.45) is 0 Å². The van der Waals surface area contributed by atoms with Crippen molar-refractivity contribution in [1.82, 2.24) is 4.98 Å². The fraction of sp³-hybridized carbons (Fsp3) is 0.211. The van der Waals surface area contributed by atoms with Gasteiger partial charge in [0.25, 0.3) is 5.69 Å². The lowest BCUT2D eigenvalue weighted by atomic mass is 10.00. The number of para-hydroxylation sites is 1. The van der Waals surface area contributed by atoms with Crippen molar-refractivity contribution in [2.75, 3.05) is 11.4 Å². The van der Waals surface area contributed by atoms with E-state index in [1.54, 1.807) is 12.1 Å². The first kappa shape index (κ1) is 14.6. The molecule has 5 heteroatoms. The lowest BCUT2D eigenvalue weighted by molar-refractivity contribution is -0.384. The van der Waals surface area contributed by atoms with E-state index < -0.39 is 0 Å². The zero-order valence-corrected chi connectivity index (χ0v) is 13.2. The third kappa shape index (κ3) is 2.58. The fourth-order valence-electron chi connectivity index (χ4n) is 3.44. The highest BCUT2D eigenvalue weighted by atomic mass is 16.6. The van der Waals surface area contributed by atoms with Crippen molar-refractivity contribution < 1.29 is 4.92 Å². The second-order valence-electron chi connectivity index (χ2n) is 6.09. The molecular weight excluding hydrogens is 302 g/mol. The van der Waals surface area contributed by atoms with Gasteiger partial charge in [-0.1, -0.05) is 24.3 Å². The van der Waals surface area contributed by atoms with Crippen LogP contribution in [0.1, 0.15) is 17.5 Å². The number of non-ortho nitro benzene ring substituents is 1. The zero-order chi connectivity index (χ0) is 16.5. The number of aryl methyl sites for hydroxylation is 1. The molecule has 0 spiro atoms. The molecule has 0 bridgehead atoms. The van der Waals surface area contributed by atoms with Gasteiger partial charge in [-0.15, -0.1) is 0 Å². The van der Waals surface area contributed by atoms with E-state index in [1.807, 2.05) is 18.3 Å². The highest BCUT2D eigenvalue weighted by molar-refractivity contribution is 5.82. The lowest BCUT2D eigenvalue weighted by Crippen LogP contribution is -2.29. The number of pyridine rings is 1. The first-order chi connectivity index (χ1) is 11.7. The molecule has 120 valence electrons. The molecule has 0 fully saturated rings.